The largest absolute Gasteiger partial charge is 0.433 e. The molecule has 1 aromatic heterocycles. The van der Waals surface area contributed by atoms with Gasteiger partial charge in [-0.05, 0) is 11.6 Å². The van der Waals surface area contributed by atoms with Crippen molar-refractivity contribution in [3.05, 3.63) is 28.6 Å². The van der Waals surface area contributed by atoms with Gasteiger partial charge in [0.05, 0.1) is 18.2 Å². The zero-order chi connectivity index (χ0) is 13.2. The average Bonchev–Trinajstić information content (AvgIpc) is 2.25. The highest BCUT2D eigenvalue weighted by molar-refractivity contribution is 6.17. The Labute approximate surface area is 98.0 Å². The summed E-state index contributed by atoms with van der Waals surface area (Å²) in [5, 5.41) is 8.81. The van der Waals surface area contributed by atoms with Gasteiger partial charge in [0, 0.05) is 5.56 Å². The minimum Gasteiger partial charge on any atom is -0.392 e. The average molecular weight is 276 g/mol. The zero-order valence-corrected chi connectivity index (χ0v) is 8.99. The monoisotopic (exact) mass is 275 g/mol. The summed E-state index contributed by atoms with van der Waals surface area (Å²) in [5.41, 5.74) is -3.17. The van der Waals surface area contributed by atoms with Crippen LogP contribution in [0.4, 0.5) is 22.0 Å². The van der Waals surface area contributed by atoms with Gasteiger partial charge in [0.15, 0.2) is 0 Å². The molecule has 0 saturated heterocycles. The molecule has 96 valence electrons. The summed E-state index contributed by atoms with van der Waals surface area (Å²) in [4.78, 5) is 3.04. The lowest BCUT2D eigenvalue weighted by Crippen LogP contribution is -2.13. The number of rotatable bonds is 3. The lowest BCUT2D eigenvalue weighted by molar-refractivity contribution is -0.141. The number of pyridine rings is 1. The molecule has 0 spiro atoms. The Hall–Kier alpha value is -0.950. The van der Waals surface area contributed by atoms with Crippen LogP contribution in [0.3, 0.4) is 0 Å². The molecule has 0 aromatic carbocycles. The minimum absolute atomic E-state index is 0.400. The number of aliphatic hydroxyl groups excluding tert-OH is 1. The van der Waals surface area contributed by atoms with Gasteiger partial charge in [-0.1, -0.05) is 0 Å². The van der Waals surface area contributed by atoms with Crippen molar-refractivity contribution in [1.82, 2.24) is 4.98 Å². The van der Waals surface area contributed by atoms with Gasteiger partial charge in [-0.2, -0.15) is 13.2 Å². The maximum absolute atomic E-state index is 12.6. The molecule has 0 aliphatic rings. The van der Waals surface area contributed by atoms with Gasteiger partial charge in [-0.15, -0.1) is 11.6 Å². The Morgan fingerprint density at radius 2 is 1.94 bits per heavy atom. The van der Waals surface area contributed by atoms with Gasteiger partial charge < -0.3 is 5.11 Å². The van der Waals surface area contributed by atoms with Crippen molar-refractivity contribution in [3.8, 4) is 0 Å². The first-order valence-electron chi connectivity index (χ1n) is 4.36. The number of nitrogens with zero attached hydrogens (tertiary/aromatic N) is 1. The van der Waals surface area contributed by atoms with Crippen molar-refractivity contribution >= 4 is 11.6 Å². The normalized spacial score (nSPS) is 12.2. The number of halogens is 6. The van der Waals surface area contributed by atoms with E-state index in [9.17, 15) is 22.0 Å². The van der Waals surface area contributed by atoms with Crippen molar-refractivity contribution in [3.63, 3.8) is 0 Å². The number of hydrogen-bond donors (Lipinski definition) is 1. The summed E-state index contributed by atoms with van der Waals surface area (Å²) in [6, 6.07) is 0.400. The third kappa shape index (κ3) is 3.04. The van der Waals surface area contributed by atoms with Crippen LogP contribution in [0, 0.1) is 0 Å². The van der Waals surface area contributed by atoms with Crippen LogP contribution in [-0.2, 0) is 18.7 Å². The fourth-order valence-corrected chi connectivity index (χ4v) is 1.51. The summed E-state index contributed by atoms with van der Waals surface area (Å²) in [6.45, 7) is -0.935. The fraction of sp³-hybridized carbons (Fsp3) is 0.444. The Morgan fingerprint density at radius 1 is 1.35 bits per heavy atom. The molecule has 17 heavy (non-hydrogen) atoms. The first-order chi connectivity index (χ1) is 7.81. The van der Waals surface area contributed by atoms with Crippen LogP contribution in [0.2, 0.25) is 0 Å². The van der Waals surface area contributed by atoms with E-state index in [1.54, 1.807) is 0 Å². The number of hydrogen-bond acceptors (Lipinski definition) is 2. The van der Waals surface area contributed by atoms with Crippen LogP contribution in [0.25, 0.3) is 0 Å². The lowest BCUT2D eigenvalue weighted by Gasteiger charge is -2.14. The summed E-state index contributed by atoms with van der Waals surface area (Å²) >= 11 is 5.28. The molecule has 1 aromatic rings. The molecule has 0 unspecified atom stereocenters. The molecule has 0 atom stereocenters. The molecule has 1 N–H and O–H groups in total. The summed E-state index contributed by atoms with van der Waals surface area (Å²) < 4.78 is 62.3. The van der Waals surface area contributed by atoms with E-state index in [2.05, 4.69) is 4.98 Å². The third-order valence-corrected chi connectivity index (χ3v) is 2.28. The maximum atomic E-state index is 12.6. The van der Waals surface area contributed by atoms with Gasteiger partial charge in [0.1, 0.15) is 5.69 Å². The fourth-order valence-electron chi connectivity index (χ4n) is 1.31. The molecule has 0 aliphatic carbocycles. The highest BCUT2D eigenvalue weighted by atomic mass is 35.5. The van der Waals surface area contributed by atoms with Crippen molar-refractivity contribution < 1.29 is 27.1 Å². The molecular formula is C9H7ClF5NO. The predicted molar refractivity (Wildman–Crippen MR) is 49.7 cm³/mol. The van der Waals surface area contributed by atoms with E-state index in [0.29, 0.717) is 6.07 Å². The summed E-state index contributed by atoms with van der Waals surface area (Å²) in [7, 11) is 0. The summed E-state index contributed by atoms with van der Waals surface area (Å²) in [5.74, 6) is -0.587. The molecule has 2 nitrogen and oxygen atoms in total. The van der Waals surface area contributed by atoms with E-state index >= 15 is 0 Å². The highest BCUT2D eigenvalue weighted by Crippen LogP contribution is 2.33. The second-order valence-electron chi connectivity index (χ2n) is 3.12. The van der Waals surface area contributed by atoms with Crippen LogP contribution in [-0.4, -0.2) is 10.1 Å². The first kappa shape index (κ1) is 14.1. The van der Waals surface area contributed by atoms with Gasteiger partial charge in [-0.3, -0.25) is 0 Å². The van der Waals surface area contributed by atoms with E-state index in [0.717, 1.165) is 0 Å². The molecule has 0 radical (unpaired) electrons. The smallest absolute Gasteiger partial charge is 0.392 e. The van der Waals surface area contributed by atoms with Crippen molar-refractivity contribution in [2.45, 2.75) is 25.1 Å². The second-order valence-corrected chi connectivity index (χ2v) is 3.38. The van der Waals surface area contributed by atoms with Crippen LogP contribution in [0.1, 0.15) is 28.9 Å². The van der Waals surface area contributed by atoms with Crippen LogP contribution >= 0.6 is 11.6 Å². The molecule has 0 fully saturated rings. The molecule has 0 saturated carbocycles. The van der Waals surface area contributed by atoms with E-state index in [-0.39, 0.29) is 0 Å². The van der Waals surface area contributed by atoms with E-state index < -0.39 is 47.6 Å². The first-order valence-corrected chi connectivity index (χ1v) is 4.89. The standard InChI is InChI=1S/C9H7ClF5NO/c10-2-5-7(8(11)12)4(3-17)1-6(16-5)9(13,14)15/h1,8,17H,2-3H2. The molecular weight excluding hydrogens is 269 g/mol. The molecule has 0 aliphatic heterocycles. The maximum Gasteiger partial charge on any atom is 0.433 e. The van der Waals surface area contributed by atoms with E-state index in [4.69, 9.17) is 16.7 Å². The zero-order valence-electron chi connectivity index (χ0n) is 8.23. The van der Waals surface area contributed by atoms with Crippen LogP contribution in [0.15, 0.2) is 6.07 Å². The second kappa shape index (κ2) is 5.14. The van der Waals surface area contributed by atoms with Gasteiger partial charge in [-0.25, -0.2) is 13.8 Å². The molecule has 1 rings (SSSR count). The number of aromatic nitrogens is 1. The highest BCUT2D eigenvalue weighted by Gasteiger charge is 2.34. The molecule has 1 heterocycles. The Bertz CT molecular complexity index is 382. The number of aliphatic hydroxyl groups is 1. The minimum atomic E-state index is -4.77. The van der Waals surface area contributed by atoms with Gasteiger partial charge in [0.25, 0.3) is 6.43 Å². The van der Waals surface area contributed by atoms with E-state index in [1.807, 2.05) is 0 Å². The van der Waals surface area contributed by atoms with Gasteiger partial charge in [0.2, 0.25) is 0 Å². The third-order valence-electron chi connectivity index (χ3n) is 2.03. The Morgan fingerprint density at radius 3 is 2.29 bits per heavy atom. The van der Waals surface area contributed by atoms with E-state index in [1.165, 1.54) is 0 Å². The van der Waals surface area contributed by atoms with Crippen LogP contribution < -0.4 is 0 Å². The van der Waals surface area contributed by atoms with Gasteiger partial charge >= 0.3 is 6.18 Å². The van der Waals surface area contributed by atoms with Crippen molar-refractivity contribution in [2.24, 2.45) is 0 Å². The Balaban J connectivity index is 3.45. The molecule has 0 amide bonds. The van der Waals surface area contributed by atoms with Crippen molar-refractivity contribution in [2.75, 3.05) is 0 Å². The number of alkyl halides is 6. The van der Waals surface area contributed by atoms with Crippen molar-refractivity contribution in [1.29, 1.82) is 0 Å². The Kier molecular flexibility index (Phi) is 4.26. The molecule has 8 heteroatoms. The quantitative estimate of drug-likeness (QED) is 0.678. The summed E-state index contributed by atoms with van der Waals surface area (Å²) in [6.07, 6.45) is -7.81. The predicted octanol–water partition coefficient (Wildman–Crippen LogP) is 3.27. The topological polar surface area (TPSA) is 33.1 Å². The SMILES string of the molecule is OCc1cc(C(F)(F)F)nc(CCl)c1C(F)F. The van der Waals surface area contributed by atoms with Crippen LogP contribution in [0.5, 0.6) is 0 Å². The lowest BCUT2D eigenvalue weighted by atomic mass is 10.1. The molecule has 0 bridgehead atoms.